The molecule has 0 saturated heterocycles. The van der Waals surface area contributed by atoms with Gasteiger partial charge in [-0.2, -0.15) is 0 Å². The minimum Gasteiger partial charge on any atom is -0.321 e. The summed E-state index contributed by atoms with van der Waals surface area (Å²) in [6.45, 7) is 0. The van der Waals surface area contributed by atoms with Crippen molar-refractivity contribution in [2.24, 2.45) is 0 Å². The van der Waals surface area contributed by atoms with Crippen molar-refractivity contribution in [2.45, 2.75) is 4.90 Å². The third-order valence-electron chi connectivity index (χ3n) is 2.71. The lowest BCUT2D eigenvalue weighted by Gasteiger charge is -2.11. The summed E-state index contributed by atoms with van der Waals surface area (Å²) in [6.07, 6.45) is 0. The van der Waals surface area contributed by atoms with E-state index in [1.807, 2.05) is 5.38 Å². The Hall–Kier alpha value is -1.22. The van der Waals surface area contributed by atoms with Crippen molar-refractivity contribution in [1.82, 2.24) is 4.31 Å². The molecule has 2 rings (SSSR count). The first-order valence-electron chi connectivity index (χ1n) is 5.89. The zero-order valence-corrected chi connectivity index (χ0v) is 14.5. The van der Waals surface area contributed by atoms with Crippen LogP contribution < -0.4 is 5.32 Å². The molecule has 1 aromatic heterocycles. The van der Waals surface area contributed by atoms with Crippen LogP contribution in [0.25, 0.3) is 0 Å². The lowest BCUT2D eigenvalue weighted by atomic mass is 10.3. The van der Waals surface area contributed by atoms with E-state index in [0.717, 1.165) is 8.78 Å². The Morgan fingerprint density at radius 3 is 2.29 bits per heavy atom. The first-order valence-corrected chi connectivity index (χ1v) is 9.00. The molecule has 1 aromatic carbocycles. The van der Waals surface area contributed by atoms with Gasteiger partial charge in [0.25, 0.3) is 5.91 Å². The summed E-state index contributed by atoms with van der Waals surface area (Å²) >= 11 is 4.63. The molecule has 1 N–H and O–H groups in total. The molecule has 1 heterocycles. The first-order chi connectivity index (χ1) is 9.82. The van der Waals surface area contributed by atoms with E-state index in [9.17, 15) is 13.2 Å². The first kappa shape index (κ1) is 16.2. The Morgan fingerprint density at radius 1 is 1.19 bits per heavy atom. The van der Waals surface area contributed by atoms with Crippen molar-refractivity contribution in [3.05, 3.63) is 45.1 Å². The molecule has 0 spiro atoms. The van der Waals surface area contributed by atoms with E-state index in [2.05, 4.69) is 21.2 Å². The summed E-state index contributed by atoms with van der Waals surface area (Å²) in [7, 11) is -0.514. The van der Waals surface area contributed by atoms with Gasteiger partial charge in [0.1, 0.15) is 4.88 Å². The number of halogens is 1. The summed E-state index contributed by atoms with van der Waals surface area (Å²) in [4.78, 5) is 12.8. The predicted molar refractivity (Wildman–Crippen MR) is 87.3 cm³/mol. The molecule has 0 bridgehead atoms. The van der Waals surface area contributed by atoms with Gasteiger partial charge in [0.2, 0.25) is 10.0 Å². The molecule has 0 aliphatic rings. The topological polar surface area (TPSA) is 66.5 Å². The number of thiophene rings is 1. The van der Waals surface area contributed by atoms with Gasteiger partial charge in [-0.05, 0) is 51.6 Å². The standard InChI is InChI=1S/C13H13BrN2O3S2/c1-16(2)21(18,19)10-5-3-9(4-6-10)15-13(17)12-11(14)7-8-20-12/h3-8H,1-2H3,(H,15,17). The molecule has 0 aliphatic heterocycles. The molecule has 21 heavy (non-hydrogen) atoms. The van der Waals surface area contributed by atoms with Gasteiger partial charge in [0.05, 0.1) is 4.90 Å². The maximum Gasteiger partial charge on any atom is 0.266 e. The second-order valence-corrected chi connectivity index (χ2v) is 8.29. The molecular weight excluding hydrogens is 376 g/mol. The van der Waals surface area contributed by atoms with Crippen LogP contribution >= 0.6 is 27.3 Å². The monoisotopic (exact) mass is 388 g/mol. The molecule has 0 radical (unpaired) electrons. The number of nitrogens with zero attached hydrogens (tertiary/aromatic N) is 1. The van der Waals surface area contributed by atoms with E-state index in [4.69, 9.17) is 0 Å². The number of amides is 1. The zero-order chi connectivity index (χ0) is 15.6. The van der Waals surface area contributed by atoms with Crippen LogP contribution in [0.15, 0.2) is 45.1 Å². The fraction of sp³-hybridized carbons (Fsp3) is 0.154. The minimum atomic E-state index is -3.46. The van der Waals surface area contributed by atoms with Gasteiger partial charge in [-0.15, -0.1) is 11.3 Å². The number of nitrogens with one attached hydrogen (secondary N) is 1. The average molecular weight is 389 g/mol. The number of hydrogen-bond acceptors (Lipinski definition) is 4. The number of benzene rings is 1. The van der Waals surface area contributed by atoms with Gasteiger partial charge in [-0.25, -0.2) is 12.7 Å². The normalized spacial score (nSPS) is 11.6. The highest BCUT2D eigenvalue weighted by Gasteiger charge is 2.17. The third kappa shape index (κ3) is 3.52. The van der Waals surface area contributed by atoms with Crippen molar-refractivity contribution in [1.29, 1.82) is 0 Å². The molecule has 0 aliphatic carbocycles. The Morgan fingerprint density at radius 2 is 1.81 bits per heavy atom. The largest absolute Gasteiger partial charge is 0.321 e. The molecule has 0 saturated carbocycles. The Kier molecular flexibility index (Phi) is 4.82. The van der Waals surface area contributed by atoms with Crippen LogP contribution in [0.3, 0.4) is 0 Å². The van der Waals surface area contributed by atoms with Crippen LogP contribution in [0.1, 0.15) is 9.67 Å². The van der Waals surface area contributed by atoms with E-state index >= 15 is 0 Å². The maximum atomic E-state index is 12.0. The summed E-state index contributed by atoms with van der Waals surface area (Å²) in [5.74, 6) is -0.236. The number of hydrogen-bond donors (Lipinski definition) is 1. The second kappa shape index (κ2) is 6.27. The van der Waals surface area contributed by atoms with Gasteiger partial charge in [0.15, 0.2) is 0 Å². The molecule has 0 atom stereocenters. The lowest BCUT2D eigenvalue weighted by molar-refractivity contribution is 0.103. The third-order valence-corrected chi connectivity index (χ3v) is 6.38. The van der Waals surface area contributed by atoms with Crippen LogP contribution in [0.5, 0.6) is 0 Å². The van der Waals surface area contributed by atoms with Crippen LogP contribution in [-0.4, -0.2) is 32.7 Å². The maximum absolute atomic E-state index is 12.0. The predicted octanol–water partition coefficient (Wildman–Crippen LogP) is 3.01. The van der Waals surface area contributed by atoms with Crippen molar-refractivity contribution in [3.63, 3.8) is 0 Å². The summed E-state index contributed by atoms with van der Waals surface area (Å²) < 4.78 is 25.7. The van der Waals surface area contributed by atoms with Gasteiger partial charge in [-0.3, -0.25) is 4.79 Å². The average Bonchev–Trinajstić information content (AvgIpc) is 2.85. The van der Waals surface area contributed by atoms with E-state index in [1.54, 1.807) is 18.2 Å². The molecule has 5 nitrogen and oxygen atoms in total. The van der Waals surface area contributed by atoms with Crippen LogP contribution in [0.2, 0.25) is 0 Å². The summed E-state index contributed by atoms with van der Waals surface area (Å²) in [5.41, 5.74) is 0.540. The zero-order valence-electron chi connectivity index (χ0n) is 11.3. The number of carbonyl (C=O) groups excluding carboxylic acids is 1. The van der Waals surface area contributed by atoms with E-state index < -0.39 is 10.0 Å². The molecule has 112 valence electrons. The number of rotatable bonds is 4. The van der Waals surface area contributed by atoms with Crippen LogP contribution in [-0.2, 0) is 10.0 Å². The SMILES string of the molecule is CN(C)S(=O)(=O)c1ccc(NC(=O)c2sccc2Br)cc1. The van der Waals surface area contributed by atoms with Crippen LogP contribution in [0, 0.1) is 0 Å². The lowest BCUT2D eigenvalue weighted by Crippen LogP contribution is -2.22. The van der Waals surface area contributed by atoms with Crippen molar-refractivity contribution in [3.8, 4) is 0 Å². The van der Waals surface area contributed by atoms with Crippen LogP contribution in [0.4, 0.5) is 5.69 Å². The highest BCUT2D eigenvalue weighted by atomic mass is 79.9. The van der Waals surface area contributed by atoms with Gasteiger partial charge < -0.3 is 5.32 Å². The molecule has 0 unspecified atom stereocenters. The Bertz CT molecular complexity index is 752. The molecule has 0 fully saturated rings. The molecular formula is C13H13BrN2O3S2. The Labute approximate surface area is 135 Å². The molecule has 8 heteroatoms. The van der Waals surface area contributed by atoms with Crippen molar-refractivity contribution < 1.29 is 13.2 Å². The Balaban J connectivity index is 2.17. The number of carbonyl (C=O) groups is 1. The minimum absolute atomic E-state index is 0.183. The highest BCUT2D eigenvalue weighted by molar-refractivity contribution is 9.10. The second-order valence-electron chi connectivity index (χ2n) is 4.36. The molecule has 2 aromatic rings. The van der Waals surface area contributed by atoms with Crippen molar-refractivity contribution >= 4 is 48.9 Å². The van der Waals surface area contributed by atoms with E-state index in [1.165, 1.54) is 37.6 Å². The smallest absolute Gasteiger partial charge is 0.266 e. The van der Waals surface area contributed by atoms with Gasteiger partial charge >= 0.3 is 0 Å². The van der Waals surface area contributed by atoms with Gasteiger partial charge in [-0.1, -0.05) is 0 Å². The fourth-order valence-corrected chi connectivity index (χ4v) is 3.91. The van der Waals surface area contributed by atoms with E-state index in [0.29, 0.717) is 10.6 Å². The summed E-state index contributed by atoms with van der Waals surface area (Å²) in [5, 5.41) is 4.54. The van der Waals surface area contributed by atoms with Gasteiger partial charge in [0, 0.05) is 24.3 Å². The number of sulfonamides is 1. The summed E-state index contributed by atoms with van der Waals surface area (Å²) in [6, 6.07) is 7.86. The quantitative estimate of drug-likeness (QED) is 0.874. The number of anilines is 1. The highest BCUT2D eigenvalue weighted by Crippen LogP contribution is 2.24. The van der Waals surface area contributed by atoms with E-state index in [-0.39, 0.29) is 10.8 Å². The molecule has 1 amide bonds. The van der Waals surface area contributed by atoms with Crippen molar-refractivity contribution in [2.75, 3.05) is 19.4 Å². The fourth-order valence-electron chi connectivity index (χ4n) is 1.56.